The maximum absolute atomic E-state index is 11.5. The molecule has 0 radical (unpaired) electrons. The van der Waals surface area contributed by atoms with Crippen LogP contribution < -0.4 is 4.90 Å². The highest BCUT2D eigenvalue weighted by Crippen LogP contribution is 2.27. The van der Waals surface area contributed by atoms with Crippen LogP contribution in [0, 0.1) is 11.8 Å². The maximum Gasteiger partial charge on any atom is 0.180 e. The lowest BCUT2D eigenvalue weighted by Gasteiger charge is -2.17. The zero-order valence-electron chi connectivity index (χ0n) is 10.8. The predicted molar refractivity (Wildman–Crippen MR) is 69.4 cm³/mol. The monoisotopic (exact) mass is 232 g/mol. The smallest absolute Gasteiger partial charge is 0.180 e. The van der Waals surface area contributed by atoms with Crippen molar-refractivity contribution in [3.63, 3.8) is 0 Å². The highest BCUT2D eigenvalue weighted by Gasteiger charge is 2.26. The average Bonchev–Trinajstić information content (AvgIpc) is 2.69. The molecular weight excluding hydrogens is 212 g/mol. The number of anilines is 1. The first kappa shape index (κ1) is 12.1. The van der Waals surface area contributed by atoms with Gasteiger partial charge in [-0.2, -0.15) is 0 Å². The summed E-state index contributed by atoms with van der Waals surface area (Å²) in [6.45, 7) is 8.61. The summed E-state index contributed by atoms with van der Waals surface area (Å²) in [7, 11) is 0. The van der Waals surface area contributed by atoms with Crippen LogP contribution in [0.3, 0.4) is 0 Å². The molecule has 2 unspecified atom stereocenters. The van der Waals surface area contributed by atoms with Gasteiger partial charge in [0.2, 0.25) is 0 Å². The van der Waals surface area contributed by atoms with E-state index in [4.69, 9.17) is 0 Å². The Bertz CT molecular complexity index is 389. The Morgan fingerprint density at radius 2 is 2.00 bits per heavy atom. The van der Waals surface area contributed by atoms with Crippen molar-refractivity contribution in [2.75, 3.05) is 18.0 Å². The van der Waals surface area contributed by atoms with Gasteiger partial charge in [-0.05, 0) is 24.0 Å². The van der Waals surface area contributed by atoms with Crippen molar-refractivity contribution in [3.05, 3.63) is 24.0 Å². The molecule has 0 aromatic carbocycles. The number of aromatic nitrogens is 1. The second kappa shape index (κ2) is 4.86. The van der Waals surface area contributed by atoms with E-state index in [1.165, 1.54) is 0 Å². The van der Waals surface area contributed by atoms with E-state index < -0.39 is 0 Å². The molecule has 1 aromatic heterocycles. The van der Waals surface area contributed by atoms with E-state index >= 15 is 0 Å². The van der Waals surface area contributed by atoms with Gasteiger partial charge in [0.15, 0.2) is 5.78 Å². The molecule has 1 saturated heterocycles. The van der Waals surface area contributed by atoms with Crippen molar-refractivity contribution in [3.8, 4) is 0 Å². The van der Waals surface area contributed by atoms with Crippen molar-refractivity contribution < 1.29 is 4.79 Å². The van der Waals surface area contributed by atoms with E-state index in [2.05, 4.69) is 23.7 Å². The van der Waals surface area contributed by atoms with Crippen molar-refractivity contribution in [2.24, 2.45) is 11.8 Å². The molecule has 1 aromatic rings. The van der Waals surface area contributed by atoms with Crippen LogP contribution in [0.2, 0.25) is 0 Å². The van der Waals surface area contributed by atoms with Gasteiger partial charge in [0, 0.05) is 19.5 Å². The molecule has 1 aliphatic heterocycles. The molecule has 2 heterocycles. The lowest BCUT2D eigenvalue weighted by molar-refractivity contribution is 0.0983. The van der Waals surface area contributed by atoms with Crippen molar-refractivity contribution in [1.82, 2.24) is 4.98 Å². The van der Waals surface area contributed by atoms with E-state index in [1.807, 2.05) is 25.3 Å². The first-order valence-electron chi connectivity index (χ1n) is 6.36. The van der Waals surface area contributed by atoms with Crippen molar-refractivity contribution >= 4 is 11.5 Å². The van der Waals surface area contributed by atoms with Crippen LogP contribution in [-0.4, -0.2) is 23.9 Å². The summed E-state index contributed by atoms with van der Waals surface area (Å²) < 4.78 is 0. The largest absolute Gasteiger partial charge is 0.370 e. The number of ketones is 1. The molecule has 0 spiro atoms. The molecule has 0 N–H and O–H groups in total. The number of pyridine rings is 1. The first-order chi connectivity index (χ1) is 8.11. The van der Waals surface area contributed by atoms with Gasteiger partial charge in [0.05, 0.1) is 11.9 Å². The van der Waals surface area contributed by atoms with Gasteiger partial charge in [-0.1, -0.05) is 20.8 Å². The Balaban J connectivity index is 2.11. The predicted octanol–water partition coefficient (Wildman–Crippen LogP) is 2.77. The molecule has 1 fully saturated rings. The molecule has 17 heavy (non-hydrogen) atoms. The van der Waals surface area contributed by atoms with Gasteiger partial charge in [-0.3, -0.25) is 9.78 Å². The highest BCUT2D eigenvalue weighted by atomic mass is 16.1. The summed E-state index contributed by atoms with van der Waals surface area (Å²) in [6, 6.07) is 3.86. The van der Waals surface area contributed by atoms with Crippen LogP contribution in [0.15, 0.2) is 18.3 Å². The zero-order chi connectivity index (χ0) is 12.4. The Morgan fingerprint density at radius 3 is 2.47 bits per heavy atom. The standard InChI is InChI=1S/C14H20N2O/c1-4-14(17)13-6-5-12(7-15-13)16-8-10(2)11(3)9-16/h5-7,10-11H,4,8-9H2,1-3H3. The van der Waals surface area contributed by atoms with Gasteiger partial charge in [-0.15, -0.1) is 0 Å². The molecule has 2 rings (SSSR count). The summed E-state index contributed by atoms with van der Waals surface area (Å²) >= 11 is 0. The lowest BCUT2D eigenvalue weighted by atomic mass is 10.0. The average molecular weight is 232 g/mol. The highest BCUT2D eigenvalue weighted by molar-refractivity contribution is 5.94. The summed E-state index contributed by atoms with van der Waals surface area (Å²) in [6.07, 6.45) is 2.35. The summed E-state index contributed by atoms with van der Waals surface area (Å²) in [5.74, 6) is 1.57. The second-order valence-electron chi connectivity index (χ2n) is 5.04. The first-order valence-corrected chi connectivity index (χ1v) is 6.36. The molecule has 0 saturated carbocycles. The summed E-state index contributed by atoms with van der Waals surface area (Å²) in [5, 5.41) is 0. The number of rotatable bonds is 3. The fraction of sp³-hybridized carbons (Fsp3) is 0.571. The molecule has 0 bridgehead atoms. The molecule has 3 nitrogen and oxygen atoms in total. The summed E-state index contributed by atoms with van der Waals surface area (Å²) in [5.41, 5.74) is 1.71. The van der Waals surface area contributed by atoms with Crippen LogP contribution in [0.4, 0.5) is 5.69 Å². The van der Waals surface area contributed by atoms with Crippen LogP contribution in [-0.2, 0) is 0 Å². The Labute approximate surface area is 103 Å². The second-order valence-corrected chi connectivity index (χ2v) is 5.04. The van der Waals surface area contributed by atoms with Gasteiger partial charge in [0.25, 0.3) is 0 Å². The topological polar surface area (TPSA) is 33.2 Å². The molecule has 0 amide bonds. The third-order valence-corrected chi connectivity index (χ3v) is 3.71. The molecular formula is C14H20N2O. The van der Waals surface area contributed by atoms with E-state index in [9.17, 15) is 4.79 Å². The quantitative estimate of drug-likeness (QED) is 0.751. The molecule has 92 valence electrons. The number of Topliss-reactive ketones (excluding diaryl/α,β-unsaturated/α-hetero) is 1. The minimum Gasteiger partial charge on any atom is -0.370 e. The third kappa shape index (κ3) is 2.48. The van der Waals surface area contributed by atoms with Crippen LogP contribution in [0.1, 0.15) is 37.7 Å². The third-order valence-electron chi connectivity index (χ3n) is 3.71. The minimum atomic E-state index is 0.111. The SMILES string of the molecule is CCC(=O)c1ccc(N2CC(C)C(C)C2)cn1. The Hall–Kier alpha value is -1.38. The number of hydrogen-bond acceptors (Lipinski definition) is 3. The molecule has 0 aliphatic carbocycles. The van der Waals surface area contributed by atoms with Gasteiger partial charge in [-0.25, -0.2) is 0 Å². The minimum absolute atomic E-state index is 0.111. The lowest BCUT2D eigenvalue weighted by Crippen LogP contribution is -2.19. The Morgan fingerprint density at radius 1 is 1.35 bits per heavy atom. The van der Waals surface area contributed by atoms with Gasteiger partial charge < -0.3 is 4.90 Å². The Kier molecular flexibility index (Phi) is 3.46. The normalized spacial score (nSPS) is 24.1. The zero-order valence-corrected chi connectivity index (χ0v) is 10.8. The van der Waals surface area contributed by atoms with E-state index in [1.54, 1.807) is 0 Å². The van der Waals surface area contributed by atoms with Crippen LogP contribution >= 0.6 is 0 Å². The van der Waals surface area contributed by atoms with E-state index in [0.717, 1.165) is 30.6 Å². The van der Waals surface area contributed by atoms with Gasteiger partial charge in [0.1, 0.15) is 5.69 Å². The van der Waals surface area contributed by atoms with E-state index in [-0.39, 0.29) is 5.78 Å². The number of carbonyl (C=O) groups is 1. The fourth-order valence-electron chi connectivity index (χ4n) is 2.26. The van der Waals surface area contributed by atoms with Crippen LogP contribution in [0.5, 0.6) is 0 Å². The number of hydrogen-bond donors (Lipinski definition) is 0. The van der Waals surface area contributed by atoms with Crippen molar-refractivity contribution in [1.29, 1.82) is 0 Å². The summed E-state index contributed by atoms with van der Waals surface area (Å²) in [4.78, 5) is 18.1. The maximum atomic E-state index is 11.5. The molecule has 1 aliphatic rings. The van der Waals surface area contributed by atoms with Crippen LogP contribution in [0.25, 0.3) is 0 Å². The molecule has 3 heteroatoms. The number of nitrogens with zero attached hydrogens (tertiary/aromatic N) is 2. The fourth-order valence-corrected chi connectivity index (χ4v) is 2.26. The van der Waals surface area contributed by atoms with Crippen molar-refractivity contribution in [2.45, 2.75) is 27.2 Å². The molecule has 2 atom stereocenters. The number of carbonyl (C=O) groups excluding carboxylic acids is 1. The van der Waals surface area contributed by atoms with Gasteiger partial charge >= 0.3 is 0 Å². The van der Waals surface area contributed by atoms with E-state index in [0.29, 0.717) is 12.1 Å².